The first kappa shape index (κ1) is 17.3. The van der Waals surface area contributed by atoms with Crippen molar-refractivity contribution in [1.29, 1.82) is 0 Å². The molecule has 0 aliphatic heterocycles. The highest BCUT2D eigenvalue weighted by atomic mass is 19.1. The fourth-order valence-electron chi connectivity index (χ4n) is 3.34. The number of rotatable bonds is 7. The summed E-state index contributed by atoms with van der Waals surface area (Å²) in [4.78, 5) is 2.03. The summed E-state index contributed by atoms with van der Waals surface area (Å²) in [7, 11) is 1.98. The van der Waals surface area contributed by atoms with Crippen LogP contribution in [0, 0.1) is 11.7 Å². The van der Waals surface area contributed by atoms with Crippen LogP contribution in [-0.4, -0.2) is 19.6 Å². The van der Waals surface area contributed by atoms with Crippen molar-refractivity contribution in [2.24, 2.45) is 5.92 Å². The molecule has 0 bridgehead atoms. The Hall–Kier alpha value is -1.09. The molecule has 1 aromatic carbocycles. The molecule has 1 aliphatic rings. The predicted molar refractivity (Wildman–Crippen MR) is 92.8 cm³/mol. The summed E-state index contributed by atoms with van der Waals surface area (Å²) in [6.45, 7) is 6.25. The molecule has 0 amide bonds. The second-order valence-electron chi connectivity index (χ2n) is 6.81. The average Bonchev–Trinajstić information content (AvgIpc) is 2.53. The normalized spacial score (nSPS) is 21.8. The highest BCUT2D eigenvalue weighted by Crippen LogP contribution is 2.25. The molecular formula is C19H31FN2. The lowest BCUT2D eigenvalue weighted by Crippen LogP contribution is -2.36. The van der Waals surface area contributed by atoms with Gasteiger partial charge in [-0.3, -0.25) is 0 Å². The maximum absolute atomic E-state index is 14.0. The largest absolute Gasteiger partial charge is 0.372 e. The number of unbranched alkanes of at least 4 members (excludes halogenated alkanes) is 1. The molecule has 1 aromatic rings. The summed E-state index contributed by atoms with van der Waals surface area (Å²) in [5.74, 6) is 0.634. The third-order valence-electron chi connectivity index (χ3n) is 4.95. The van der Waals surface area contributed by atoms with Crippen LogP contribution in [0.15, 0.2) is 18.2 Å². The Morgan fingerprint density at radius 2 is 2.05 bits per heavy atom. The van der Waals surface area contributed by atoms with Crippen molar-refractivity contribution in [2.75, 3.05) is 18.5 Å². The van der Waals surface area contributed by atoms with Gasteiger partial charge in [0.1, 0.15) is 5.82 Å². The van der Waals surface area contributed by atoms with E-state index in [1.165, 1.54) is 31.2 Å². The van der Waals surface area contributed by atoms with Crippen molar-refractivity contribution in [3.63, 3.8) is 0 Å². The first-order chi connectivity index (χ1) is 10.6. The van der Waals surface area contributed by atoms with E-state index in [1.54, 1.807) is 6.07 Å². The Balaban J connectivity index is 1.96. The van der Waals surface area contributed by atoms with Gasteiger partial charge < -0.3 is 10.2 Å². The van der Waals surface area contributed by atoms with Crippen LogP contribution in [0.2, 0.25) is 0 Å². The summed E-state index contributed by atoms with van der Waals surface area (Å²) in [5.41, 5.74) is 1.90. The maximum atomic E-state index is 14.0. The second kappa shape index (κ2) is 8.52. The van der Waals surface area contributed by atoms with Gasteiger partial charge in [-0.1, -0.05) is 39.2 Å². The number of benzene rings is 1. The Bertz CT molecular complexity index is 461. The molecule has 0 spiro atoms. The molecule has 2 nitrogen and oxygen atoms in total. The van der Waals surface area contributed by atoms with Crippen molar-refractivity contribution >= 4 is 5.69 Å². The second-order valence-corrected chi connectivity index (χ2v) is 6.81. The summed E-state index contributed by atoms with van der Waals surface area (Å²) >= 11 is 0. The van der Waals surface area contributed by atoms with Crippen LogP contribution in [-0.2, 0) is 6.54 Å². The van der Waals surface area contributed by atoms with Crippen LogP contribution in [0.1, 0.15) is 57.9 Å². The number of hydrogen-bond donors (Lipinski definition) is 1. The molecule has 2 atom stereocenters. The highest BCUT2D eigenvalue weighted by Gasteiger charge is 2.20. The van der Waals surface area contributed by atoms with E-state index in [2.05, 4.69) is 19.2 Å². The number of hydrogen-bond acceptors (Lipinski definition) is 2. The van der Waals surface area contributed by atoms with Gasteiger partial charge in [0.25, 0.3) is 0 Å². The molecule has 0 radical (unpaired) electrons. The van der Waals surface area contributed by atoms with E-state index in [0.29, 0.717) is 6.04 Å². The monoisotopic (exact) mass is 306 g/mol. The van der Waals surface area contributed by atoms with Gasteiger partial charge in [0, 0.05) is 26.2 Å². The van der Waals surface area contributed by atoms with E-state index in [1.807, 2.05) is 24.1 Å². The fraction of sp³-hybridized carbons (Fsp3) is 0.684. The van der Waals surface area contributed by atoms with Crippen molar-refractivity contribution < 1.29 is 4.39 Å². The molecule has 3 heteroatoms. The van der Waals surface area contributed by atoms with E-state index in [4.69, 9.17) is 0 Å². The average molecular weight is 306 g/mol. The van der Waals surface area contributed by atoms with Gasteiger partial charge in [0.2, 0.25) is 0 Å². The SMILES string of the molecule is CCCCN(C)c1cc(CNC2CCCCC2C)ccc1F. The zero-order valence-electron chi connectivity index (χ0n) is 14.4. The van der Waals surface area contributed by atoms with Crippen molar-refractivity contribution in [3.05, 3.63) is 29.6 Å². The van der Waals surface area contributed by atoms with Gasteiger partial charge in [-0.25, -0.2) is 4.39 Å². The maximum Gasteiger partial charge on any atom is 0.146 e. The summed E-state index contributed by atoms with van der Waals surface area (Å²) in [5, 5.41) is 3.68. The topological polar surface area (TPSA) is 15.3 Å². The molecular weight excluding hydrogens is 275 g/mol. The molecule has 1 aliphatic carbocycles. The van der Waals surface area contributed by atoms with E-state index in [9.17, 15) is 4.39 Å². The smallest absolute Gasteiger partial charge is 0.146 e. The first-order valence-electron chi connectivity index (χ1n) is 8.84. The molecule has 124 valence electrons. The molecule has 2 unspecified atom stereocenters. The summed E-state index contributed by atoms with van der Waals surface area (Å²) in [6, 6.07) is 6.14. The van der Waals surface area contributed by atoms with Crippen LogP contribution in [0.25, 0.3) is 0 Å². The van der Waals surface area contributed by atoms with Crippen molar-refractivity contribution in [3.8, 4) is 0 Å². The van der Waals surface area contributed by atoms with Gasteiger partial charge in [-0.2, -0.15) is 0 Å². The van der Waals surface area contributed by atoms with E-state index in [0.717, 1.165) is 37.5 Å². The van der Waals surface area contributed by atoms with Gasteiger partial charge in [-0.15, -0.1) is 0 Å². The molecule has 0 saturated heterocycles. The van der Waals surface area contributed by atoms with Gasteiger partial charge in [0.15, 0.2) is 0 Å². The third-order valence-corrected chi connectivity index (χ3v) is 4.95. The number of nitrogens with one attached hydrogen (secondary N) is 1. The molecule has 22 heavy (non-hydrogen) atoms. The minimum Gasteiger partial charge on any atom is -0.372 e. The zero-order valence-corrected chi connectivity index (χ0v) is 14.4. The minimum atomic E-state index is -0.117. The Morgan fingerprint density at radius 3 is 2.77 bits per heavy atom. The lowest BCUT2D eigenvalue weighted by Gasteiger charge is -2.30. The van der Waals surface area contributed by atoms with Crippen LogP contribution in [0.4, 0.5) is 10.1 Å². The van der Waals surface area contributed by atoms with Crippen molar-refractivity contribution in [1.82, 2.24) is 5.32 Å². The highest BCUT2D eigenvalue weighted by molar-refractivity contribution is 5.49. The van der Waals surface area contributed by atoms with Crippen LogP contribution >= 0.6 is 0 Å². The number of nitrogens with zero attached hydrogens (tertiary/aromatic N) is 1. The van der Waals surface area contributed by atoms with Gasteiger partial charge in [0.05, 0.1) is 5.69 Å². The Labute approximate surface area is 135 Å². The minimum absolute atomic E-state index is 0.117. The fourth-order valence-corrected chi connectivity index (χ4v) is 3.34. The van der Waals surface area contributed by atoms with E-state index in [-0.39, 0.29) is 5.82 Å². The molecule has 1 N–H and O–H groups in total. The molecule has 2 rings (SSSR count). The lowest BCUT2D eigenvalue weighted by atomic mass is 9.86. The van der Waals surface area contributed by atoms with E-state index >= 15 is 0 Å². The summed E-state index contributed by atoms with van der Waals surface area (Å²) in [6.07, 6.45) is 7.52. The lowest BCUT2D eigenvalue weighted by molar-refractivity contribution is 0.279. The molecule has 1 fully saturated rings. The number of anilines is 1. The quantitative estimate of drug-likeness (QED) is 0.783. The van der Waals surface area contributed by atoms with E-state index < -0.39 is 0 Å². The predicted octanol–water partition coefficient (Wildman–Crippen LogP) is 4.73. The first-order valence-corrected chi connectivity index (χ1v) is 8.84. The van der Waals surface area contributed by atoms with Gasteiger partial charge >= 0.3 is 0 Å². The Morgan fingerprint density at radius 1 is 1.27 bits per heavy atom. The van der Waals surface area contributed by atoms with Crippen LogP contribution < -0.4 is 10.2 Å². The number of halogens is 1. The van der Waals surface area contributed by atoms with Crippen LogP contribution in [0.5, 0.6) is 0 Å². The van der Waals surface area contributed by atoms with Crippen molar-refractivity contribution in [2.45, 2.75) is 65.0 Å². The zero-order chi connectivity index (χ0) is 15.9. The third kappa shape index (κ3) is 4.70. The molecule has 1 saturated carbocycles. The van der Waals surface area contributed by atoms with Gasteiger partial charge in [-0.05, 0) is 42.9 Å². The Kier molecular flexibility index (Phi) is 6.69. The van der Waals surface area contributed by atoms with Crippen LogP contribution in [0.3, 0.4) is 0 Å². The molecule has 0 heterocycles. The standard InChI is InChI=1S/C19H31FN2/c1-4-5-12-22(3)19-13-16(10-11-17(19)20)14-21-18-9-7-6-8-15(18)2/h10-11,13,15,18,21H,4-9,12,14H2,1-3H3. The molecule has 0 aromatic heterocycles. The summed E-state index contributed by atoms with van der Waals surface area (Å²) < 4.78 is 14.0.